The zero-order valence-corrected chi connectivity index (χ0v) is 30.6. The van der Waals surface area contributed by atoms with Crippen molar-refractivity contribution in [3.05, 3.63) is 91.5 Å². The van der Waals surface area contributed by atoms with Gasteiger partial charge in [-0.05, 0) is 113 Å². The molecule has 5 rings (SSSR count). The number of esters is 1. The third kappa shape index (κ3) is 8.91. The summed E-state index contributed by atoms with van der Waals surface area (Å²) in [6.45, 7) is 15.2. The van der Waals surface area contributed by atoms with Gasteiger partial charge in [-0.25, -0.2) is 14.3 Å². The zero-order chi connectivity index (χ0) is 35.7. The number of hydrogen-bond donors (Lipinski definition) is 1. The van der Waals surface area contributed by atoms with Gasteiger partial charge >= 0.3 is 12.1 Å². The first kappa shape index (κ1) is 36.6. The summed E-state index contributed by atoms with van der Waals surface area (Å²) in [6.07, 6.45) is 0.205. The van der Waals surface area contributed by atoms with Gasteiger partial charge in [0.1, 0.15) is 22.8 Å². The second kappa shape index (κ2) is 14.6. The Bertz CT molecular complexity index is 1840. The van der Waals surface area contributed by atoms with Crippen LogP contribution in [0.15, 0.2) is 42.5 Å². The molecular weight excluding hydrogens is 667 g/mol. The molecule has 1 N–H and O–H groups in total. The standard InChI is InChI=1S/C37H44Cl2N4O6/c1-22-27(33(44)25-10-9-24-13-15-42(20-26(24)19-25)35(46)49-37(5,6)7)11-12-30-32(22)40-41-43(30)14-8-16-47-21-23-17-28(38)31(29(39)18-23)34(45)48-36(2,3)4/h9-12,17-19,33,44H,8,13-16,20-21H2,1-7H3. The first-order chi connectivity index (χ1) is 23.0. The highest BCUT2D eigenvalue weighted by atomic mass is 35.5. The van der Waals surface area contributed by atoms with Crippen LogP contribution in [0, 0.1) is 6.92 Å². The number of hydrogen-bond acceptors (Lipinski definition) is 8. The Morgan fingerprint density at radius 2 is 1.65 bits per heavy atom. The van der Waals surface area contributed by atoms with Crippen LogP contribution in [0.5, 0.6) is 0 Å². The Balaban J connectivity index is 1.19. The monoisotopic (exact) mass is 710 g/mol. The summed E-state index contributed by atoms with van der Waals surface area (Å²) in [4.78, 5) is 26.9. The van der Waals surface area contributed by atoms with Crippen LogP contribution in [0.4, 0.5) is 4.79 Å². The van der Waals surface area contributed by atoms with Crippen LogP contribution >= 0.6 is 23.2 Å². The van der Waals surface area contributed by atoms with Gasteiger partial charge < -0.3 is 24.2 Å². The summed E-state index contributed by atoms with van der Waals surface area (Å²) in [5, 5.41) is 20.7. The summed E-state index contributed by atoms with van der Waals surface area (Å²) in [6, 6.07) is 13.1. The van der Waals surface area contributed by atoms with E-state index < -0.39 is 23.3 Å². The second-order valence-electron chi connectivity index (χ2n) is 14.4. The molecule has 3 aromatic carbocycles. The maximum absolute atomic E-state index is 12.7. The van der Waals surface area contributed by atoms with Crippen molar-refractivity contribution >= 4 is 46.3 Å². The van der Waals surface area contributed by atoms with Gasteiger partial charge in [0.2, 0.25) is 0 Å². The van der Waals surface area contributed by atoms with Crippen LogP contribution in [0.1, 0.15) is 97.8 Å². The number of benzene rings is 3. The fraction of sp³-hybridized carbons (Fsp3) is 0.459. The van der Waals surface area contributed by atoms with E-state index in [4.69, 9.17) is 37.4 Å². The van der Waals surface area contributed by atoms with Crippen molar-refractivity contribution in [2.45, 2.75) is 98.3 Å². The van der Waals surface area contributed by atoms with Crippen LogP contribution in [-0.2, 0) is 40.3 Å². The Morgan fingerprint density at radius 1 is 0.959 bits per heavy atom. The first-order valence-corrected chi connectivity index (χ1v) is 17.2. The van der Waals surface area contributed by atoms with Crippen molar-refractivity contribution in [1.82, 2.24) is 19.9 Å². The Kier molecular flexibility index (Phi) is 10.9. The fourth-order valence-corrected chi connectivity index (χ4v) is 6.48. The number of amides is 1. The Morgan fingerprint density at radius 3 is 2.33 bits per heavy atom. The molecule has 0 radical (unpaired) electrons. The van der Waals surface area contributed by atoms with Crippen molar-refractivity contribution in [3.8, 4) is 0 Å². The third-order valence-electron chi connectivity index (χ3n) is 8.12. The molecule has 0 saturated carbocycles. The minimum Gasteiger partial charge on any atom is -0.456 e. The highest BCUT2D eigenvalue weighted by Crippen LogP contribution is 2.32. The van der Waals surface area contributed by atoms with E-state index in [1.807, 2.05) is 62.7 Å². The number of aliphatic hydroxyl groups excluding tert-OH is 1. The van der Waals surface area contributed by atoms with Gasteiger partial charge in [-0.3, -0.25) is 0 Å². The Labute approximate surface area is 297 Å². The molecule has 12 heteroatoms. The number of carbonyl (C=O) groups is 2. The molecule has 1 amide bonds. The molecule has 1 atom stereocenters. The molecule has 10 nitrogen and oxygen atoms in total. The number of carbonyl (C=O) groups excluding carboxylic acids is 2. The predicted octanol–water partition coefficient (Wildman–Crippen LogP) is 7.98. The molecule has 49 heavy (non-hydrogen) atoms. The lowest BCUT2D eigenvalue weighted by Crippen LogP contribution is -2.39. The van der Waals surface area contributed by atoms with E-state index in [0.29, 0.717) is 32.7 Å². The zero-order valence-electron chi connectivity index (χ0n) is 29.1. The van der Waals surface area contributed by atoms with Gasteiger partial charge in [0.15, 0.2) is 0 Å². The molecule has 0 fully saturated rings. The van der Waals surface area contributed by atoms with Gasteiger partial charge in [-0.1, -0.05) is 52.7 Å². The maximum Gasteiger partial charge on any atom is 0.410 e. The van der Waals surface area contributed by atoms with Gasteiger partial charge in [0.05, 0.1) is 27.7 Å². The average molecular weight is 712 g/mol. The number of nitrogens with zero attached hydrogens (tertiary/aromatic N) is 4. The van der Waals surface area contributed by atoms with Gasteiger partial charge in [0, 0.05) is 26.2 Å². The van der Waals surface area contributed by atoms with E-state index in [-0.39, 0.29) is 28.3 Å². The number of halogens is 2. The number of rotatable bonds is 9. The molecule has 262 valence electrons. The predicted molar refractivity (Wildman–Crippen MR) is 189 cm³/mol. The van der Waals surface area contributed by atoms with Crippen LogP contribution in [0.3, 0.4) is 0 Å². The smallest absolute Gasteiger partial charge is 0.410 e. The number of aromatic nitrogens is 3. The minimum atomic E-state index is -0.870. The average Bonchev–Trinajstić information content (AvgIpc) is 3.42. The van der Waals surface area contributed by atoms with Crippen molar-refractivity contribution < 1.29 is 28.9 Å². The molecule has 0 aliphatic carbocycles. The molecule has 2 heterocycles. The van der Waals surface area contributed by atoms with Crippen LogP contribution < -0.4 is 0 Å². The quantitative estimate of drug-likeness (QED) is 0.137. The van der Waals surface area contributed by atoms with E-state index in [0.717, 1.165) is 45.3 Å². The van der Waals surface area contributed by atoms with Crippen molar-refractivity contribution in [2.24, 2.45) is 0 Å². The first-order valence-electron chi connectivity index (χ1n) is 16.4. The van der Waals surface area contributed by atoms with Gasteiger partial charge in [-0.2, -0.15) is 0 Å². The van der Waals surface area contributed by atoms with Crippen molar-refractivity contribution in [1.29, 1.82) is 0 Å². The topological polar surface area (TPSA) is 116 Å². The normalized spacial score (nSPS) is 14.1. The Hall–Kier alpha value is -3.70. The summed E-state index contributed by atoms with van der Waals surface area (Å²) >= 11 is 12.7. The fourth-order valence-electron chi connectivity index (χ4n) is 5.79. The molecule has 1 aliphatic rings. The van der Waals surface area contributed by atoms with E-state index in [2.05, 4.69) is 10.3 Å². The van der Waals surface area contributed by atoms with E-state index in [1.54, 1.807) is 37.8 Å². The maximum atomic E-state index is 12.7. The molecule has 1 aliphatic heterocycles. The summed E-state index contributed by atoms with van der Waals surface area (Å²) in [7, 11) is 0. The number of aliphatic hydroxyl groups is 1. The third-order valence-corrected chi connectivity index (χ3v) is 8.72. The lowest BCUT2D eigenvalue weighted by atomic mass is 9.92. The number of fused-ring (bicyclic) bond motifs is 2. The summed E-state index contributed by atoms with van der Waals surface area (Å²) in [5.74, 6) is -0.571. The van der Waals surface area contributed by atoms with Gasteiger partial charge in [0.25, 0.3) is 0 Å². The number of aryl methyl sites for hydroxylation is 2. The molecule has 0 bridgehead atoms. The molecule has 4 aromatic rings. The highest BCUT2D eigenvalue weighted by molar-refractivity contribution is 6.39. The molecule has 1 unspecified atom stereocenters. The van der Waals surface area contributed by atoms with Crippen molar-refractivity contribution in [3.63, 3.8) is 0 Å². The molecule has 1 aromatic heterocycles. The van der Waals surface area contributed by atoms with Gasteiger partial charge in [-0.15, -0.1) is 5.10 Å². The minimum absolute atomic E-state index is 0.139. The lowest BCUT2D eigenvalue weighted by Gasteiger charge is -2.31. The molecule has 0 saturated heterocycles. The molecular formula is C37H44Cl2N4O6. The summed E-state index contributed by atoms with van der Waals surface area (Å²) in [5.41, 5.74) is 5.76. The highest BCUT2D eigenvalue weighted by Gasteiger charge is 2.27. The summed E-state index contributed by atoms with van der Waals surface area (Å²) < 4.78 is 18.7. The number of ether oxygens (including phenoxy) is 3. The molecule has 0 spiro atoms. The second-order valence-corrected chi connectivity index (χ2v) is 15.2. The van der Waals surface area contributed by atoms with E-state index in [9.17, 15) is 14.7 Å². The SMILES string of the molecule is Cc1c(C(O)c2ccc3c(c2)CN(C(=O)OC(C)(C)C)CC3)ccc2c1nnn2CCCOCc1cc(Cl)c(C(=O)OC(C)(C)C)c(Cl)c1. The van der Waals surface area contributed by atoms with Crippen molar-refractivity contribution in [2.75, 3.05) is 13.2 Å². The van der Waals surface area contributed by atoms with Crippen LogP contribution in [-0.4, -0.2) is 61.4 Å². The van der Waals surface area contributed by atoms with Crippen LogP contribution in [0.2, 0.25) is 10.0 Å². The lowest BCUT2D eigenvalue weighted by molar-refractivity contribution is 0.00689. The van der Waals surface area contributed by atoms with E-state index in [1.165, 1.54) is 5.56 Å². The van der Waals surface area contributed by atoms with Crippen LogP contribution in [0.25, 0.3) is 11.0 Å². The largest absolute Gasteiger partial charge is 0.456 e. The van der Waals surface area contributed by atoms with E-state index >= 15 is 0 Å².